The molecule has 4 aromatic carbocycles. The van der Waals surface area contributed by atoms with E-state index in [-0.39, 0.29) is 24.0 Å². The fourth-order valence-electron chi connectivity index (χ4n) is 6.78. The molecule has 11 nitrogen and oxygen atoms in total. The van der Waals surface area contributed by atoms with Crippen molar-refractivity contribution in [1.29, 1.82) is 0 Å². The summed E-state index contributed by atoms with van der Waals surface area (Å²) in [5.74, 6) is 4.62. The van der Waals surface area contributed by atoms with Crippen LogP contribution in [0, 0.1) is 11.8 Å². The first-order valence-corrected chi connectivity index (χ1v) is 17.6. The summed E-state index contributed by atoms with van der Waals surface area (Å²) in [6.45, 7) is 7.96. The average Bonchev–Trinajstić information content (AvgIpc) is 3.49. The van der Waals surface area contributed by atoms with Crippen LogP contribution in [-0.4, -0.2) is 65.1 Å². The van der Waals surface area contributed by atoms with E-state index in [1.54, 1.807) is 92.9 Å². The summed E-state index contributed by atoms with van der Waals surface area (Å²) in [6, 6.07) is 22.1. The van der Waals surface area contributed by atoms with Crippen LogP contribution in [0.3, 0.4) is 0 Å². The number of ether oxygens (including phenoxy) is 9. The van der Waals surface area contributed by atoms with Crippen LogP contribution in [0.4, 0.5) is 0 Å². The Bertz CT molecular complexity index is 1700. The van der Waals surface area contributed by atoms with Gasteiger partial charge in [0.25, 0.3) is 0 Å². The molecular weight excluding hydrogens is 680 g/mol. The Hall–Kier alpha value is -4.84. The van der Waals surface area contributed by atoms with E-state index in [9.17, 15) is 10.2 Å². The highest BCUT2D eigenvalue weighted by Crippen LogP contribution is 2.51. The molecule has 8 atom stereocenters. The minimum absolute atomic E-state index is 0.167. The molecule has 2 N–H and O–H groups in total. The van der Waals surface area contributed by atoms with Crippen molar-refractivity contribution in [2.24, 2.45) is 11.8 Å². The van der Waals surface area contributed by atoms with Crippen LogP contribution in [0.15, 0.2) is 72.8 Å². The summed E-state index contributed by atoms with van der Waals surface area (Å²) in [5.41, 5.74) is 3.18. The monoisotopic (exact) mass is 732 g/mol. The Balaban J connectivity index is 1.29. The molecule has 4 aromatic rings. The quantitative estimate of drug-likeness (QED) is 0.117. The van der Waals surface area contributed by atoms with E-state index in [1.807, 2.05) is 36.4 Å². The molecule has 0 saturated carbocycles. The van der Waals surface area contributed by atoms with Crippen LogP contribution >= 0.6 is 0 Å². The van der Waals surface area contributed by atoms with Crippen LogP contribution in [0.5, 0.6) is 46.0 Å². The standard InChI is InChI=1S/C42H52O11/c1-23-24(2)42(30-14-18-34(38(22-30)50-10)52-26(4)40(44)28-12-16-32(46-6)36(20-28)48-8)53-41(23)29-13-17-33(37(21-29)49-9)51-25(3)39(43)27-11-15-31(45-5)35(19-27)47-7/h11-26,39-44H,1-10H3/t23-,24+,25?,26?,39?,40?,41-,42-/m0/s1. The number of hydrogen-bond acceptors (Lipinski definition) is 11. The minimum atomic E-state index is -0.932. The third-order valence-electron chi connectivity index (χ3n) is 10.1. The number of aliphatic hydroxyl groups is 2. The topological polar surface area (TPSA) is 124 Å². The van der Waals surface area contributed by atoms with Crippen molar-refractivity contribution >= 4 is 0 Å². The SMILES string of the molecule is COc1ccc(C(O)C(C)Oc2ccc([C@H]3O[C@H](c4ccc(OC(C)C(O)c5ccc(OC)c(OC)c5)c(OC)c4)[C@@H](C)[C@H]3C)cc2OC)cc1OC. The number of hydrogen-bond donors (Lipinski definition) is 2. The summed E-state index contributed by atoms with van der Waals surface area (Å²) in [5, 5.41) is 22.2. The summed E-state index contributed by atoms with van der Waals surface area (Å²) < 4.78 is 52.2. The van der Waals surface area contributed by atoms with Crippen molar-refractivity contribution in [2.45, 2.75) is 64.3 Å². The Morgan fingerprint density at radius 2 is 0.774 bits per heavy atom. The van der Waals surface area contributed by atoms with Gasteiger partial charge >= 0.3 is 0 Å². The average molecular weight is 733 g/mol. The molecule has 1 aliphatic heterocycles. The molecule has 0 aliphatic carbocycles. The van der Waals surface area contributed by atoms with Gasteiger partial charge in [0.05, 0.1) is 54.9 Å². The molecule has 1 heterocycles. The Morgan fingerprint density at radius 1 is 0.453 bits per heavy atom. The van der Waals surface area contributed by atoms with Crippen molar-refractivity contribution in [3.8, 4) is 46.0 Å². The van der Waals surface area contributed by atoms with Gasteiger partial charge in [0.1, 0.15) is 24.4 Å². The van der Waals surface area contributed by atoms with Gasteiger partial charge in [-0.2, -0.15) is 0 Å². The van der Waals surface area contributed by atoms with Gasteiger partial charge < -0.3 is 52.8 Å². The van der Waals surface area contributed by atoms with E-state index < -0.39 is 24.4 Å². The summed E-state index contributed by atoms with van der Waals surface area (Å²) in [6.07, 6.45) is -3.49. The lowest BCUT2D eigenvalue weighted by Gasteiger charge is -2.24. The number of aliphatic hydroxyl groups excluding tert-OH is 2. The van der Waals surface area contributed by atoms with E-state index in [1.165, 1.54) is 0 Å². The molecule has 0 amide bonds. The van der Waals surface area contributed by atoms with E-state index in [0.717, 1.165) is 11.1 Å². The molecular formula is C42H52O11. The Morgan fingerprint density at radius 3 is 1.11 bits per heavy atom. The molecule has 4 unspecified atom stereocenters. The zero-order valence-corrected chi connectivity index (χ0v) is 32.1. The van der Waals surface area contributed by atoms with Gasteiger partial charge in [-0.25, -0.2) is 0 Å². The summed E-state index contributed by atoms with van der Waals surface area (Å²) >= 11 is 0. The van der Waals surface area contributed by atoms with Crippen molar-refractivity contribution in [3.05, 3.63) is 95.1 Å². The van der Waals surface area contributed by atoms with Crippen LogP contribution in [-0.2, 0) is 4.74 Å². The molecule has 0 spiro atoms. The predicted molar refractivity (Wildman–Crippen MR) is 200 cm³/mol. The minimum Gasteiger partial charge on any atom is -0.493 e. The normalized spacial score (nSPS) is 20.5. The van der Waals surface area contributed by atoms with Crippen molar-refractivity contribution in [2.75, 3.05) is 42.7 Å². The number of methoxy groups -OCH3 is 6. The Labute approximate surface area is 312 Å². The van der Waals surface area contributed by atoms with E-state index in [4.69, 9.17) is 42.6 Å². The first kappa shape index (κ1) is 39.4. The first-order valence-electron chi connectivity index (χ1n) is 17.6. The van der Waals surface area contributed by atoms with Crippen molar-refractivity contribution < 1.29 is 52.8 Å². The van der Waals surface area contributed by atoms with Gasteiger partial charge in [-0.3, -0.25) is 0 Å². The number of rotatable bonds is 16. The molecule has 5 rings (SSSR count). The third-order valence-corrected chi connectivity index (χ3v) is 10.1. The molecule has 1 fully saturated rings. The lowest BCUT2D eigenvalue weighted by Crippen LogP contribution is -2.22. The number of benzene rings is 4. The second-order valence-electron chi connectivity index (χ2n) is 13.3. The van der Waals surface area contributed by atoms with E-state index in [0.29, 0.717) is 57.1 Å². The Kier molecular flexibility index (Phi) is 12.9. The van der Waals surface area contributed by atoms with Crippen LogP contribution in [0.2, 0.25) is 0 Å². The van der Waals surface area contributed by atoms with Gasteiger partial charge in [-0.05, 0) is 96.5 Å². The van der Waals surface area contributed by atoms with Gasteiger partial charge in [-0.15, -0.1) is 0 Å². The van der Waals surface area contributed by atoms with Gasteiger partial charge in [0, 0.05) is 0 Å². The fourth-order valence-corrected chi connectivity index (χ4v) is 6.78. The highest BCUT2D eigenvalue weighted by Gasteiger charge is 2.41. The second-order valence-corrected chi connectivity index (χ2v) is 13.3. The third kappa shape index (κ3) is 8.38. The van der Waals surface area contributed by atoms with Crippen LogP contribution in [0.1, 0.15) is 74.4 Å². The predicted octanol–water partition coefficient (Wildman–Crippen LogP) is 7.82. The summed E-state index contributed by atoms with van der Waals surface area (Å²) in [4.78, 5) is 0. The van der Waals surface area contributed by atoms with Crippen LogP contribution < -0.4 is 37.9 Å². The molecule has 0 bridgehead atoms. The molecule has 286 valence electrons. The largest absolute Gasteiger partial charge is 0.493 e. The molecule has 53 heavy (non-hydrogen) atoms. The van der Waals surface area contributed by atoms with Gasteiger partial charge in [-0.1, -0.05) is 38.1 Å². The van der Waals surface area contributed by atoms with Gasteiger partial charge in [0.2, 0.25) is 0 Å². The first-order chi connectivity index (χ1) is 25.5. The molecule has 1 aliphatic rings. The lowest BCUT2D eigenvalue weighted by atomic mass is 9.85. The molecule has 11 heteroatoms. The van der Waals surface area contributed by atoms with Crippen molar-refractivity contribution in [1.82, 2.24) is 0 Å². The van der Waals surface area contributed by atoms with E-state index >= 15 is 0 Å². The molecule has 0 radical (unpaired) electrons. The highest BCUT2D eigenvalue weighted by atomic mass is 16.5. The smallest absolute Gasteiger partial charge is 0.161 e. The molecule has 0 aromatic heterocycles. The van der Waals surface area contributed by atoms with E-state index in [2.05, 4.69) is 13.8 Å². The lowest BCUT2D eigenvalue weighted by molar-refractivity contribution is 0.0281. The summed E-state index contributed by atoms with van der Waals surface area (Å²) in [7, 11) is 9.43. The maximum atomic E-state index is 11.1. The van der Waals surface area contributed by atoms with Crippen molar-refractivity contribution in [3.63, 3.8) is 0 Å². The fraction of sp³-hybridized carbons (Fsp3) is 0.429. The highest BCUT2D eigenvalue weighted by molar-refractivity contribution is 5.48. The van der Waals surface area contributed by atoms with Crippen LogP contribution in [0.25, 0.3) is 0 Å². The second kappa shape index (κ2) is 17.3. The molecule has 1 saturated heterocycles. The maximum Gasteiger partial charge on any atom is 0.161 e. The zero-order chi connectivity index (χ0) is 38.4. The van der Waals surface area contributed by atoms with Gasteiger partial charge in [0.15, 0.2) is 46.0 Å². The maximum absolute atomic E-state index is 11.1. The zero-order valence-electron chi connectivity index (χ0n) is 32.1.